The SMILES string of the molecule is CCCn1cncc1Cn1nnc(C(=O)O)c1CCN. The molecular formula is C12H18N6O2. The van der Waals surface area contributed by atoms with Crippen LogP contribution in [0.1, 0.15) is 35.2 Å². The Morgan fingerprint density at radius 3 is 2.95 bits per heavy atom. The minimum Gasteiger partial charge on any atom is -0.476 e. The van der Waals surface area contributed by atoms with Gasteiger partial charge in [0.25, 0.3) is 0 Å². The van der Waals surface area contributed by atoms with Crippen LogP contribution in [0.25, 0.3) is 0 Å². The number of nitrogens with zero attached hydrogens (tertiary/aromatic N) is 5. The Balaban J connectivity index is 2.28. The lowest BCUT2D eigenvalue weighted by Gasteiger charge is -2.09. The van der Waals surface area contributed by atoms with E-state index in [-0.39, 0.29) is 5.69 Å². The maximum absolute atomic E-state index is 11.1. The van der Waals surface area contributed by atoms with E-state index in [1.807, 2.05) is 4.57 Å². The van der Waals surface area contributed by atoms with Gasteiger partial charge in [0.1, 0.15) is 0 Å². The van der Waals surface area contributed by atoms with Gasteiger partial charge in [-0.3, -0.25) is 0 Å². The third kappa shape index (κ3) is 2.85. The molecule has 0 saturated carbocycles. The van der Waals surface area contributed by atoms with Crippen LogP contribution in [0.3, 0.4) is 0 Å². The van der Waals surface area contributed by atoms with Crippen molar-refractivity contribution in [1.29, 1.82) is 0 Å². The molecule has 2 aromatic rings. The molecule has 2 aromatic heterocycles. The van der Waals surface area contributed by atoms with Gasteiger partial charge >= 0.3 is 5.97 Å². The number of rotatable bonds is 7. The highest BCUT2D eigenvalue weighted by Gasteiger charge is 2.19. The van der Waals surface area contributed by atoms with E-state index in [2.05, 4.69) is 22.2 Å². The van der Waals surface area contributed by atoms with E-state index in [1.54, 1.807) is 17.2 Å². The molecular weight excluding hydrogens is 260 g/mol. The van der Waals surface area contributed by atoms with E-state index in [0.29, 0.717) is 25.2 Å². The van der Waals surface area contributed by atoms with Crippen LogP contribution in [-0.4, -0.2) is 42.2 Å². The molecule has 0 amide bonds. The molecule has 2 heterocycles. The van der Waals surface area contributed by atoms with Crippen LogP contribution in [0, 0.1) is 0 Å². The van der Waals surface area contributed by atoms with Gasteiger partial charge in [-0.2, -0.15) is 0 Å². The Labute approximate surface area is 116 Å². The zero-order chi connectivity index (χ0) is 14.5. The first kappa shape index (κ1) is 14.2. The number of carbonyl (C=O) groups is 1. The highest BCUT2D eigenvalue weighted by molar-refractivity contribution is 5.86. The van der Waals surface area contributed by atoms with Gasteiger partial charge in [0, 0.05) is 13.0 Å². The molecule has 0 aliphatic heterocycles. The van der Waals surface area contributed by atoms with Crippen LogP contribution < -0.4 is 5.73 Å². The zero-order valence-electron chi connectivity index (χ0n) is 11.4. The molecule has 8 nitrogen and oxygen atoms in total. The van der Waals surface area contributed by atoms with Crippen molar-refractivity contribution >= 4 is 5.97 Å². The fraction of sp³-hybridized carbons (Fsp3) is 0.500. The zero-order valence-corrected chi connectivity index (χ0v) is 11.4. The van der Waals surface area contributed by atoms with Crippen LogP contribution in [-0.2, 0) is 19.5 Å². The molecule has 0 aliphatic carbocycles. The number of aryl methyl sites for hydroxylation is 1. The fourth-order valence-corrected chi connectivity index (χ4v) is 2.09. The van der Waals surface area contributed by atoms with Gasteiger partial charge in [0.05, 0.1) is 30.5 Å². The standard InChI is InChI=1S/C12H18N6O2/c1-2-5-17-8-14-6-9(17)7-18-10(3-4-13)11(12(19)20)15-16-18/h6,8H,2-5,7,13H2,1H3,(H,19,20). The van der Waals surface area contributed by atoms with Gasteiger partial charge in [-0.05, 0) is 13.0 Å². The number of aromatic nitrogens is 5. The van der Waals surface area contributed by atoms with Crippen LogP contribution in [0.4, 0.5) is 0 Å². The van der Waals surface area contributed by atoms with Crippen molar-refractivity contribution in [3.8, 4) is 0 Å². The first-order valence-corrected chi connectivity index (χ1v) is 6.52. The molecule has 3 N–H and O–H groups in total. The van der Waals surface area contributed by atoms with E-state index in [4.69, 9.17) is 10.8 Å². The molecule has 0 aliphatic rings. The summed E-state index contributed by atoms with van der Waals surface area (Å²) >= 11 is 0. The maximum atomic E-state index is 11.1. The number of hydrogen-bond donors (Lipinski definition) is 2. The molecule has 0 bridgehead atoms. The maximum Gasteiger partial charge on any atom is 0.358 e. The van der Waals surface area contributed by atoms with E-state index >= 15 is 0 Å². The van der Waals surface area contributed by atoms with Gasteiger partial charge in [0.2, 0.25) is 0 Å². The summed E-state index contributed by atoms with van der Waals surface area (Å²) < 4.78 is 3.60. The quantitative estimate of drug-likeness (QED) is 0.744. The molecule has 0 fully saturated rings. The summed E-state index contributed by atoms with van der Waals surface area (Å²) in [4.78, 5) is 15.2. The second-order valence-corrected chi connectivity index (χ2v) is 4.46. The molecule has 8 heteroatoms. The van der Waals surface area contributed by atoms with Gasteiger partial charge in [-0.1, -0.05) is 12.1 Å². The van der Waals surface area contributed by atoms with Gasteiger partial charge < -0.3 is 15.4 Å². The van der Waals surface area contributed by atoms with Gasteiger partial charge in [0.15, 0.2) is 5.69 Å². The van der Waals surface area contributed by atoms with Crippen molar-refractivity contribution in [1.82, 2.24) is 24.5 Å². The van der Waals surface area contributed by atoms with Crippen molar-refractivity contribution in [2.45, 2.75) is 32.9 Å². The summed E-state index contributed by atoms with van der Waals surface area (Å²) in [6.07, 6.45) is 4.94. The van der Waals surface area contributed by atoms with E-state index in [1.165, 1.54) is 0 Å². The summed E-state index contributed by atoms with van der Waals surface area (Å²) in [5.74, 6) is -1.08. The van der Waals surface area contributed by atoms with Crippen molar-refractivity contribution in [2.24, 2.45) is 5.73 Å². The lowest BCUT2D eigenvalue weighted by Crippen LogP contribution is -2.15. The monoisotopic (exact) mass is 278 g/mol. The predicted molar refractivity (Wildman–Crippen MR) is 71.4 cm³/mol. The molecule has 0 aromatic carbocycles. The Kier molecular flexibility index (Phi) is 4.46. The largest absolute Gasteiger partial charge is 0.476 e. The molecule has 0 saturated heterocycles. The Morgan fingerprint density at radius 2 is 2.30 bits per heavy atom. The summed E-state index contributed by atoms with van der Waals surface area (Å²) in [5.41, 5.74) is 7.01. The van der Waals surface area contributed by atoms with Crippen molar-refractivity contribution in [3.63, 3.8) is 0 Å². The number of nitrogens with two attached hydrogens (primary N) is 1. The van der Waals surface area contributed by atoms with Gasteiger partial charge in [-0.15, -0.1) is 5.10 Å². The minimum atomic E-state index is -1.08. The summed E-state index contributed by atoms with van der Waals surface area (Å²) in [6, 6.07) is 0. The second kappa shape index (κ2) is 6.29. The molecule has 0 atom stereocenters. The molecule has 0 spiro atoms. The lowest BCUT2D eigenvalue weighted by atomic mass is 10.2. The number of carboxylic acid groups (broad SMARTS) is 1. The van der Waals surface area contributed by atoms with Crippen LogP contribution >= 0.6 is 0 Å². The van der Waals surface area contributed by atoms with E-state index < -0.39 is 5.97 Å². The van der Waals surface area contributed by atoms with Crippen LogP contribution in [0.15, 0.2) is 12.5 Å². The molecule has 20 heavy (non-hydrogen) atoms. The van der Waals surface area contributed by atoms with Crippen molar-refractivity contribution < 1.29 is 9.90 Å². The average molecular weight is 278 g/mol. The number of imidazole rings is 1. The lowest BCUT2D eigenvalue weighted by molar-refractivity contribution is 0.0689. The highest BCUT2D eigenvalue weighted by atomic mass is 16.4. The molecule has 0 radical (unpaired) electrons. The van der Waals surface area contributed by atoms with E-state index in [9.17, 15) is 4.79 Å². The third-order valence-corrected chi connectivity index (χ3v) is 3.00. The summed E-state index contributed by atoms with van der Waals surface area (Å²) in [7, 11) is 0. The van der Waals surface area contributed by atoms with Gasteiger partial charge in [-0.25, -0.2) is 14.5 Å². The predicted octanol–water partition coefficient (Wildman–Crippen LogP) is 0.132. The van der Waals surface area contributed by atoms with Crippen molar-refractivity contribution in [3.05, 3.63) is 29.6 Å². The highest BCUT2D eigenvalue weighted by Crippen LogP contribution is 2.10. The first-order valence-electron chi connectivity index (χ1n) is 6.52. The minimum absolute atomic E-state index is 0.0305. The number of aromatic carboxylic acids is 1. The Bertz CT molecular complexity index is 589. The Morgan fingerprint density at radius 1 is 1.50 bits per heavy atom. The smallest absolute Gasteiger partial charge is 0.358 e. The number of hydrogen-bond acceptors (Lipinski definition) is 5. The first-order chi connectivity index (χ1) is 9.67. The van der Waals surface area contributed by atoms with Crippen LogP contribution in [0.2, 0.25) is 0 Å². The summed E-state index contributed by atoms with van der Waals surface area (Å²) in [6.45, 7) is 3.74. The second-order valence-electron chi connectivity index (χ2n) is 4.46. The number of carboxylic acids is 1. The van der Waals surface area contributed by atoms with E-state index in [0.717, 1.165) is 18.7 Å². The normalized spacial score (nSPS) is 10.9. The summed E-state index contributed by atoms with van der Waals surface area (Å²) in [5, 5.41) is 16.7. The molecule has 108 valence electrons. The fourth-order valence-electron chi connectivity index (χ4n) is 2.09. The average Bonchev–Trinajstić information content (AvgIpc) is 3.00. The Hall–Kier alpha value is -2.22. The molecule has 2 rings (SSSR count). The van der Waals surface area contributed by atoms with Crippen molar-refractivity contribution in [2.75, 3.05) is 6.54 Å². The molecule has 0 unspecified atom stereocenters. The third-order valence-electron chi connectivity index (χ3n) is 3.00. The van der Waals surface area contributed by atoms with Crippen LogP contribution in [0.5, 0.6) is 0 Å². The topological polar surface area (TPSA) is 112 Å².